The van der Waals surface area contributed by atoms with E-state index >= 15 is 0 Å². The van der Waals surface area contributed by atoms with Gasteiger partial charge in [-0.2, -0.15) is 8.62 Å². The van der Waals surface area contributed by atoms with Gasteiger partial charge in [0.15, 0.2) is 11.8 Å². The lowest BCUT2D eigenvalue weighted by molar-refractivity contribution is -0.0542. The van der Waals surface area contributed by atoms with Crippen LogP contribution in [0.4, 0.5) is 5.69 Å². The van der Waals surface area contributed by atoms with Crippen LogP contribution < -0.4 is 41.4 Å². The normalized spacial score (nSPS) is 22.1. The van der Waals surface area contributed by atoms with E-state index in [9.17, 15) is 58.0 Å². The standard InChI is InChI=1S/C49H56N5O19P3/c1-9-53-35-19-37-33(17-30(35)25(3)21-48(53,5)6)40(34-18-31-26(4)22-49(7,8)54(10-2)36(31)20-38(34)70-37)29-14-13-27(16-32(29)46(59)60)43(57)50-15-11-12-28-23-52(47(61)51-44(28)58)45-42(56)41(55)39(71-45)24-69-75(65,66)73-76(67,68)72-74(62,63)64/h11-14,16-23,39,41-42,45,55-56H,9-10,15,24H2,1-8H3,(H6-,50,51,57,58,59,60,61,62,63,64,65,66,67,68)/p+1/b12-11+/t39-,41-,42-,45-/m1/s1. The molecular formula is C49H57N5O19P3+. The van der Waals surface area contributed by atoms with Gasteiger partial charge in [0.2, 0.25) is 5.36 Å². The van der Waals surface area contributed by atoms with Crippen LogP contribution in [0.2, 0.25) is 0 Å². The van der Waals surface area contributed by atoms with E-state index in [1.165, 1.54) is 24.3 Å². The number of benzene rings is 3. The number of carbonyl (C=O) groups excluding carboxylic acids is 1. The number of amides is 1. The van der Waals surface area contributed by atoms with Crippen LogP contribution in [0, 0.1) is 0 Å². The fraction of sp³-hybridized carbons (Fsp3) is 0.367. The molecule has 3 aromatic carbocycles. The summed E-state index contributed by atoms with van der Waals surface area (Å²) in [7, 11) is -17.2. The van der Waals surface area contributed by atoms with Crippen molar-refractivity contribution < 1.29 is 80.8 Å². The highest BCUT2D eigenvalue weighted by Crippen LogP contribution is 2.66. The maximum Gasteiger partial charge on any atom is 0.490 e. The number of phosphoric acid groups is 3. The molecule has 76 heavy (non-hydrogen) atoms. The molecule has 1 aromatic heterocycles. The molecule has 2 unspecified atom stereocenters. The van der Waals surface area contributed by atoms with Crippen molar-refractivity contribution in [1.29, 1.82) is 0 Å². The number of hydrogen-bond donors (Lipinski definition) is 9. The fourth-order valence-electron chi connectivity index (χ4n) is 10.4. The molecule has 8 rings (SSSR count). The Hall–Kier alpha value is -5.94. The van der Waals surface area contributed by atoms with Gasteiger partial charge < -0.3 is 54.6 Å². The van der Waals surface area contributed by atoms with Gasteiger partial charge in [0.25, 0.3) is 11.5 Å². The number of likely N-dealkylation sites (N-methyl/N-ethyl adjacent to an activating group) is 2. The molecule has 1 amide bonds. The van der Waals surface area contributed by atoms with E-state index in [2.05, 4.69) is 81.6 Å². The number of aromatic amines is 1. The first-order chi connectivity index (χ1) is 35.4. The van der Waals surface area contributed by atoms with Gasteiger partial charge in [-0.15, -0.1) is 0 Å². The first kappa shape index (κ1) is 56.3. The minimum atomic E-state index is -5.88. The number of carbonyl (C=O) groups is 2. The van der Waals surface area contributed by atoms with Crippen molar-refractivity contribution in [2.75, 3.05) is 31.1 Å². The third-order valence-electron chi connectivity index (χ3n) is 13.4. The first-order valence-electron chi connectivity index (χ1n) is 23.7. The molecule has 0 bridgehead atoms. The third kappa shape index (κ3) is 11.1. The molecule has 0 radical (unpaired) electrons. The topological polar surface area (TPSA) is 346 Å². The minimum absolute atomic E-state index is 0.00227. The van der Waals surface area contributed by atoms with Crippen LogP contribution in [0.15, 0.2) is 76.5 Å². The van der Waals surface area contributed by atoms with Crippen LogP contribution >= 0.6 is 23.5 Å². The number of aromatic carboxylic acids is 1. The van der Waals surface area contributed by atoms with Crippen molar-refractivity contribution in [2.45, 2.75) is 91.0 Å². The van der Waals surface area contributed by atoms with Gasteiger partial charge in [-0.3, -0.25) is 23.7 Å². The lowest BCUT2D eigenvalue weighted by atomic mass is 9.83. The highest BCUT2D eigenvalue weighted by atomic mass is 31.3. The van der Waals surface area contributed by atoms with Crippen LogP contribution in [-0.2, 0) is 31.6 Å². The molecule has 0 saturated carbocycles. The predicted octanol–water partition coefficient (Wildman–Crippen LogP) is 3.72. The number of aliphatic hydroxyl groups is 2. The lowest BCUT2D eigenvalue weighted by Crippen LogP contribution is -2.49. The quantitative estimate of drug-likeness (QED) is 0.0502. The summed E-state index contributed by atoms with van der Waals surface area (Å²) in [5.74, 6) is -0.896. The summed E-state index contributed by atoms with van der Waals surface area (Å²) in [6, 6.07) is 12.5. The zero-order valence-electron chi connectivity index (χ0n) is 42.3. The molecule has 4 aromatic rings. The van der Waals surface area contributed by atoms with Crippen molar-refractivity contribution in [3.63, 3.8) is 0 Å². The Morgan fingerprint density at radius 3 is 2.22 bits per heavy atom. The molecule has 406 valence electrons. The molecule has 24 nitrogen and oxygen atoms in total. The highest BCUT2D eigenvalue weighted by Gasteiger charge is 2.47. The number of nitrogens with zero attached hydrogens (tertiary/aromatic N) is 3. The van der Waals surface area contributed by atoms with E-state index < -0.39 is 77.7 Å². The number of hydrogen-bond acceptors (Lipinski definition) is 15. The monoisotopic (exact) mass is 1110 g/mol. The molecule has 4 aliphatic rings. The van der Waals surface area contributed by atoms with Gasteiger partial charge in [0, 0.05) is 77.9 Å². The first-order valence-corrected chi connectivity index (χ1v) is 28.2. The van der Waals surface area contributed by atoms with Crippen molar-refractivity contribution >= 4 is 63.8 Å². The zero-order chi connectivity index (χ0) is 55.8. The second-order valence-electron chi connectivity index (χ2n) is 19.5. The molecule has 9 N–H and O–H groups in total. The van der Waals surface area contributed by atoms with Crippen LogP contribution in [0.5, 0.6) is 11.5 Å². The Morgan fingerprint density at radius 2 is 1.57 bits per heavy atom. The van der Waals surface area contributed by atoms with Crippen LogP contribution in [0.25, 0.3) is 22.8 Å². The molecule has 6 atom stereocenters. The minimum Gasteiger partial charge on any atom is -0.478 e. The second kappa shape index (κ2) is 20.5. The van der Waals surface area contributed by atoms with Crippen molar-refractivity contribution in [3.05, 3.63) is 137 Å². The maximum absolute atomic E-state index is 13.7. The number of anilines is 1. The highest BCUT2D eigenvalue weighted by molar-refractivity contribution is 7.66. The largest absolute Gasteiger partial charge is 0.490 e. The van der Waals surface area contributed by atoms with E-state index in [0.29, 0.717) is 51.1 Å². The molecule has 27 heteroatoms. The van der Waals surface area contributed by atoms with Crippen molar-refractivity contribution in [2.24, 2.45) is 0 Å². The van der Waals surface area contributed by atoms with E-state index in [4.69, 9.17) is 19.3 Å². The van der Waals surface area contributed by atoms with Gasteiger partial charge in [-0.25, -0.2) is 27.9 Å². The number of fused-ring (bicyclic) bond motifs is 4. The summed E-state index contributed by atoms with van der Waals surface area (Å²) >= 11 is 0. The molecule has 0 aliphatic carbocycles. The molecular weight excluding hydrogens is 1060 g/mol. The summed E-state index contributed by atoms with van der Waals surface area (Å²) < 4.78 is 61.9. The predicted molar refractivity (Wildman–Crippen MR) is 276 cm³/mol. The summed E-state index contributed by atoms with van der Waals surface area (Å²) in [6.07, 6.45) is 0.457. The number of carboxylic acids is 1. The molecule has 1 fully saturated rings. The summed E-state index contributed by atoms with van der Waals surface area (Å²) in [5, 5.41) is 36.5. The zero-order valence-corrected chi connectivity index (χ0v) is 45.0. The van der Waals surface area contributed by atoms with Crippen molar-refractivity contribution in [3.8, 4) is 11.5 Å². The number of H-pyrrole nitrogens is 1. The van der Waals surface area contributed by atoms with E-state index in [0.717, 1.165) is 39.5 Å². The SMILES string of the molecule is CCN1c2cc3c(cc2C(C)=CC1(C)C)C(c1ccc(C(=O)NC/C=C/c2cn([C@@H]4O[C@H](COP(=O)(O)OP(=O)(O)OP(=O)(O)O)[C@@H](O)[C@H]4O)c(=O)[nH]c2=O)cc1C(=O)O)=c1cc2c(cc1O3)=[N+](CC)C(C)(C)C=C2C. The molecule has 0 spiro atoms. The Morgan fingerprint density at radius 1 is 0.868 bits per heavy atom. The van der Waals surface area contributed by atoms with Gasteiger partial charge in [-0.1, -0.05) is 24.3 Å². The number of aliphatic hydroxyl groups excluding tert-OH is 2. The molecule has 4 aliphatic heterocycles. The number of nitrogens with one attached hydrogen (secondary N) is 2. The van der Waals surface area contributed by atoms with Gasteiger partial charge in [0.1, 0.15) is 36.4 Å². The van der Waals surface area contributed by atoms with E-state index in [-0.39, 0.29) is 34.3 Å². The summed E-state index contributed by atoms with van der Waals surface area (Å²) in [6.45, 7) is 16.9. The number of allylic oxidation sites excluding steroid dienone is 2. The van der Waals surface area contributed by atoms with E-state index in [1.54, 1.807) is 6.07 Å². The number of carboxylic acid groups (broad SMARTS) is 1. The van der Waals surface area contributed by atoms with Gasteiger partial charge in [-0.05, 0) is 88.6 Å². The molecule has 1 saturated heterocycles. The number of rotatable bonds is 16. The smallest absolute Gasteiger partial charge is 0.478 e. The Balaban J connectivity index is 1.07. The molecule has 5 heterocycles. The van der Waals surface area contributed by atoms with E-state index in [1.807, 2.05) is 43.1 Å². The van der Waals surface area contributed by atoms with Crippen LogP contribution in [0.1, 0.15) is 110 Å². The number of phosphoric ester groups is 1. The summed E-state index contributed by atoms with van der Waals surface area (Å²) in [5.41, 5.74) is 3.54. The fourth-order valence-corrected chi connectivity index (χ4v) is 13.4. The maximum atomic E-state index is 13.7. The Labute approximate surface area is 433 Å². The van der Waals surface area contributed by atoms with Crippen LogP contribution in [0.3, 0.4) is 0 Å². The van der Waals surface area contributed by atoms with Gasteiger partial charge in [0.05, 0.1) is 29.3 Å². The Bertz CT molecular complexity index is 3610. The van der Waals surface area contributed by atoms with Crippen LogP contribution in [-0.4, -0.2) is 112 Å². The number of aromatic nitrogens is 2. The average Bonchev–Trinajstić information content (AvgIpc) is 3.58. The van der Waals surface area contributed by atoms with Gasteiger partial charge >= 0.3 is 35.1 Å². The summed E-state index contributed by atoms with van der Waals surface area (Å²) in [4.78, 5) is 93.8. The lowest BCUT2D eigenvalue weighted by Gasteiger charge is -2.43. The second-order valence-corrected chi connectivity index (χ2v) is 23.9. The average molecular weight is 1110 g/mol. The van der Waals surface area contributed by atoms with Crippen molar-refractivity contribution in [1.82, 2.24) is 19.4 Å². The number of ether oxygens (including phenoxy) is 2. The Kier molecular flexibility index (Phi) is 15.1. The third-order valence-corrected chi connectivity index (χ3v) is 17.2.